The Bertz CT molecular complexity index is 312. The zero-order valence-corrected chi connectivity index (χ0v) is 12.5. The van der Waals surface area contributed by atoms with Gasteiger partial charge in [-0.3, -0.25) is 4.79 Å². The van der Waals surface area contributed by atoms with E-state index in [1.54, 1.807) is 0 Å². The molecule has 6 heteroatoms. The molecule has 0 aromatic rings. The summed E-state index contributed by atoms with van der Waals surface area (Å²) in [4.78, 5) is 22.5. The quantitative estimate of drug-likeness (QED) is 0.458. The van der Waals surface area contributed by atoms with Crippen LogP contribution in [0.4, 0.5) is 0 Å². The number of carboxylic acids is 1. The largest absolute Gasteiger partial charge is 0.550 e. The van der Waals surface area contributed by atoms with Gasteiger partial charge < -0.3 is 24.9 Å². The Morgan fingerprint density at radius 3 is 2.21 bits per heavy atom. The van der Waals surface area contributed by atoms with Crippen LogP contribution in [0.25, 0.3) is 0 Å². The topological polar surface area (TPSA) is 92.5 Å². The first-order chi connectivity index (χ1) is 8.56. The van der Waals surface area contributed by atoms with Gasteiger partial charge in [0, 0.05) is 12.4 Å². The molecule has 0 rings (SSSR count). The van der Waals surface area contributed by atoms with Gasteiger partial charge in [-0.2, -0.15) is 0 Å². The van der Waals surface area contributed by atoms with E-state index in [-0.39, 0.29) is 12.3 Å². The molecule has 0 spiro atoms. The maximum atomic E-state index is 11.9. The number of nitrogens with zero attached hydrogens (tertiary/aromatic N) is 1. The second-order valence-corrected chi connectivity index (χ2v) is 6.02. The fourth-order valence-electron chi connectivity index (χ4n) is 1.67. The van der Waals surface area contributed by atoms with Crippen molar-refractivity contribution in [3.8, 4) is 0 Å². The first-order valence-corrected chi connectivity index (χ1v) is 6.53. The minimum atomic E-state index is -1.23. The van der Waals surface area contributed by atoms with Crippen molar-refractivity contribution >= 4 is 11.9 Å². The molecule has 6 nitrogen and oxygen atoms in total. The van der Waals surface area contributed by atoms with Crippen LogP contribution in [0.15, 0.2) is 0 Å². The molecule has 0 aromatic heterocycles. The molecule has 0 amide bonds. The lowest BCUT2D eigenvalue weighted by atomic mass is 10.0. The second kappa shape index (κ2) is 7.45. The molecule has 0 bridgehead atoms. The van der Waals surface area contributed by atoms with Gasteiger partial charge in [-0.05, 0) is 5.92 Å². The smallest absolute Gasteiger partial charge is 0.323 e. The summed E-state index contributed by atoms with van der Waals surface area (Å²) in [6.07, 6.45) is -0.266. The van der Waals surface area contributed by atoms with Crippen LogP contribution in [0.1, 0.15) is 26.7 Å². The third-order valence-corrected chi connectivity index (χ3v) is 2.96. The molecule has 2 N–H and O–H groups in total. The van der Waals surface area contributed by atoms with Crippen molar-refractivity contribution in [1.29, 1.82) is 0 Å². The number of hydrogen-bond donors (Lipinski definition) is 1. The number of carbonyl (C=O) groups excluding carboxylic acids is 2. The summed E-state index contributed by atoms with van der Waals surface area (Å²) in [6.45, 7) is 4.19. The van der Waals surface area contributed by atoms with Crippen molar-refractivity contribution in [2.45, 2.75) is 38.8 Å². The SMILES string of the molecule is CC[C@H](C)[C@H](N)C(=O)OC(CC(=O)[O-])C[N+](C)(C)C. The van der Waals surface area contributed by atoms with Gasteiger partial charge in [-0.25, -0.2) is 0 Å². The van der Waals surface area contributed by atoms with Crippen LogP contribution >= 0.6 is 0 Å². The molecule has 0 aliphatic heterocycles. The minimum absolute atomic E-state index is 0.000213. The Labute approximate surface area is 115 Å². The summed E-state index contributed by atoms with van der Waals surface area (Å²) < 4.78 is 5.71. The highest BCUT2D eigenvalue weighted by molar-refractivity contribution is 5.76. The summed E-state index contributed by atoms with van der Waals surface area (Å²) in [5.74, 6) is -1.78. The van der Waals surface area contributed by atoms with E-state index >= 15 is 0 Å². The fourth-order valence-corrected chi connectivity index (χ4v) is 1.67. The summed E-state index contributed by atoms with van der Waals surface area (Å²) in [5, 5.41) is 10.7. The molecule has 0 saturated carbocycles. The highest BCUT2D eigenvalue weighted by Gasteiger charge is 2.27. The van der Waals surface area contributed by atoms with Crippen molar-refractivity contribution in [3.05, 3.63) is 0 Å². The Morgan fingerprint density at radius 1 is 1.32 bits per heavy atom. The lowest BCUT2D eigenvalue weighted by Gasteiger charge is -2.30. The predicted molar refractivity (Wildman–Crippen MR) is 69.8 cm³/mol. The summed E-state index contributed by atoms with van der Waals surface area (Å²) in [5.41, 5.74) is 5.77. The molecular weight excluding hydrogens is 248 g/mol. The van der Waals surface area contributed by atoms with Gasteiger partial charge in [-0.1, -0.05) is 20.3 Å². The van der Waals surface area contributed by atoms with E-state index in [4.69, 9.17) is 10.5 Å². The number of quaternary nitrogens is 1. The Morgan fingerprint density at radius 2 is 1.84 bits per heavy atom. The zero-order valence-electron chi connectivity index (χ0n) is 12.5. The molecule has 0 aromatic carbocycles. The lowest BCUT2D eigenvalue weighted by molar-refractivity contribution is -0.873. The number of rotatable bonds is 8. The minimum Gasteiger partial charge on any atom is -0.550 e. The van der Waals surface area contributed by atoms with Gasteiger partial charge in [-0.15, -0.1) is 0 Å². The van der Waals surface area contributed by atoms with Crippen molar-refractivity contribution in [2.24, 2.45) is 11.7 Å². The maximum absolute atomic E-state index is 11.9. The van der Waals surface area contributed by atoms with Crippen molar-refractivity contribution < 1.29 is 23.9 Å². The highest BCUT2D eigenvalue weighted by Crippen LogP contribution is 2.11. The number of carboxylic acid groups (broad SMARTS) is 1. The summed E-state index contributed by atoms with van der Waals surface area (Å²) in [7, 11) is 5.68. The normalized spacial score (nSPS) is 16.5. The number of esters is 1. The van der Waals surface area contributed by atoms with Gasteiger partial charge in [0.2, 0.25) is 0 Å². The summed E-state index contributed by atoms with van der Waals surface area (Å²) in [6, 6.07) is -0.721. The molecule has 0 saturated heterocycles. The van der Waals surface area contributed by atoms with Crippen LogP contribution in [0.5, 0.6) is 0 Å². The van der Waals surface area contributed by atoms with E-state index in [1.165, 1.54) is 0 Å². The van der Waals surface area contributed by atoms with Crippen LogP contribution < -0.4 is 10.8 Å². The van der Waals surface area contributed by atoms with Crippen LogP contribution in [0.3, 0.4) is 0 Å². The average Bonchev–Trinajstić information content (AvgIpc) is 2.23. The average molecular weight is 274 g/mol. The number of likely N-dealkylation sites (N-methyl/N-ethyl adjacent to an activating group) is 1. The lowest BCUT2D eigenvalue weighted by Crippen LogP contribution is -2.47. The molecular formula is C13H26N2O4. The van der Waals surface area contributed by atoms with Gasteiger partial charge in [0.05, 0.1) is 21.1 Å². The predicted octanol–water partition coefficient (Wildman–Crippen LogP) is -0.882. The van der Waals surface area contributed by atoms with Gasteiger partial charge in [0.25, 0.3) is 0 Å². The Hall–Kier alpha value is -1.14. The van der Waals surface area contributed by atoms with E-state index in [2.05, 4.69) is 0 Å². The molecule has 112 valence electrons. The van der Waals surface area contributed by atoms with E-state index in [0.717, 1.165) is 6.42 Å². The molecule has 3 atom stereocenters. The second-order valence-electron chi connectivity index (χ2n) is 6.02. The standard InChI is InChI=1S/C13H26N2O4/c1-6-9(2)12(14)13(18)19-10(7-11(16)17)8-15(3,4)5/h9-10,12H,6-8,14H2,1-5H3/t9-,10?,12-/m0/s1. The number of aliphatic carboxylic acids is 1. The van der Waals surface area contributed by atoms with Gasteiger partial charge in [0.15, 0.2) is 6.10 Å². The highest BCUT2D eigenvalue weighted by atomic mass is 16.5. The number of ether oxygens (including phenoxy) is 1. The van der Waals surface area contributed by atoms with E-state index in [1.807, 2.05) is 35.0 Å². The van der Waals surface area contributed by atoms with E-state index in [9.17, 15) is 14.7 Å². The van der Waals surface area contributed by atoms with Crippen LogP contribution in [0, 0.1) is 5.92 Å². The van der Waals surface area contributed by atoms with Crippen molar-refractivity contribution in [3.63, 3.8) is 0 Å². The van der Waals surface area contributed by atoms with E-state index < -0.39 is 24.1 Å². The molecule has 1 unspecified atom stereocenters. The van der Waals surface area contributed by atoms with Crippen molar-refractivity contribution in [1.82, 2.24) is 0 Å². The van der Waals surface area contributed by atoms with E-state index in [0.29, 0.717) is 11.0 Å². The van der Waals surface area contributed by atoms with Crippen LogP contribution in [-0.4, -0.2) is 56.3 Å². The first-order valence-electron chi connectivity index (χ1n) is 6.53. The summed E-state index contributed by atoms with van der Waals surface area (Å²) >= 11 is 0. The van der Waals surface area contributed by atoms with Crippen molar-refractivity contribution in [2.75, 3.05) is 27.7 Å². The van der Waals surface area contributed by atoms with Crippen LogP contribution in [-0.2, 0) is 14.3 Å². The Kier molecular flexibility index (Phi) is 7.00. The van der Waals surface area contributed by atoms with Gasteiger partial charge >= 0.3 is 5.97 Å². The third kappa shape index (κ3) is 7.79. The first kappa shape index (κ1) is 17.9. The van der Waals surface area contributed by atoms with Crippen LogP contribution in [0.2, 0.25) is 0 Å². The molecule has 0 aliphatic carbocycles. The monoisotopic (exact) mass is 274 g/mol. The molecule has 0 aliphatic rings. The molecule has 0 radical (unpaired) electrons. The number of nitrogens with two attached hydrogens (primary N) is 1. The molecule has 0 fully saturated rings. The number of carbonyl (C=O) groups is 2. The molecule has 0 heterocycles. The zero-order chi connectivity index (χ0) is 15.2. The third-order valence-electron chi connectivity index (χ3n) is 2.96. The number of hydrogen-bond acceptors (Lipinski definition) is 5. The Balaban J connectivity index is 4.63. The fraction of sp³-hybridized carbons (Fsp3) is 0.846. The molecule has 19 heavy (non-hydrogen) atoms. The van der Waals surface area contributed by atoms with Gasteiger partial charge in [0.1, 0.15) is 12.6 Å². The maximum Gasteiger partial charge on any atom is 0.323 e.